The Morgan fingerprint density at radius 1 is 1.22 bits per heavy atom. The van der Waals surface area contributed by atoms with E-state index in [1.165, 1.54) is 17.5 Å². The lowest BCUT2D eigenvalue weighted by Crippen LogP contribution is -2.24. The van der Waals surface area contributed by atoms with E-state index in [2.05, 4.69) is 48.5 Å². The van der Waals surface area contributed by atoms with Gasteiger partial charge in [0.1, 0.15) is 0 Å². The molecular formula is C15H26N2O. The number of nitrogens with one attached hydrogen (secondary N) is 1. The van der Waals surface area contributed by atoms with Crippen LogP contribution < -0.4 is 5.32 Å². The molecule has 0 unspecified atom stereocenters. The summed E-state index contributed by atoms with van der Waals surface area (Å²) in [7, 11) is 3.88. The highest BCUT2D eigenvalue weighted by atomic mass is 16.5. The molecule has 1 aromatic carbocycles. The number of hydrogen-bond donors (Lipinski definition) is 1. The van der Waals surface area contributed by atoms with Gasteiger partial charge < -0.3 is 10.1 Å². The molecule has 3 heteroatoms. The van der Waals surface area contributed by atoms with Crippen LogP contribution in [0.25, 0.3) is 0 Å². The average Bonchev–Trinajstić information content (AvgIpc) is 2.38. The third-order valence-corrected chi connectivity index (χ3v) is 2.98. The highest BCUT2D eigenvalue weighted by Crippen LogP contribution is 2.10. The van der Waals surface area contributed by atoms with Crippen molar-refractivity contribution in [3.63, 3.8) is 0 Å². The van der Waals surface area contributed by atoms with Crippen molar-refractivity contribution in [2.75, 3.05) is 33.9 Å². The summed E-state index contributed by atoms with van der Waals surface area (Å²) in [5.74, 6) is 0. The van der Waals surface area contributed by atoms with E-state index in [0.717, 1.165) is 32.8 Å². The van der Waals surface area contributed by atoms with Gasteiger partial charge in [0.25, 0.3) is 0 Å². The number of methoxy groups -OCH3 is 1. The van der Waals surface area contributed by atoms with Crippen molar-refractivity contribution in [3.8, 4) is 0 Å². The fourth-order valence-corrected chi connectivity index (χ4v) is 1.90. The van der Waals surface area contributed by atoms with E-state index in [9.17, 15) is 0 Å². The van der Waals surface area contributed by atoms with Gasteiger partial charge in [0.05, 0.1) is 6.61 Å². The van der Waals surface area contributed by atoms with Crippen LogP contribution in [0.1, 0.15) is 24.5 Å². The van der Waals surface area contributed by atoms with Crippen LogP contribution in [0.15, 0.2) is 24.3 Å². The summed E-state index contributed by atoms with van der Waals surface area (Å²) in [4.78, 5) is 2.29. The van der Waals surface area contributed by atoms with E-state index < -0.39 is 0 Å². The molecule has 0 aromatic heterocycles. The van der Waals surface area contributed by atoms with E-state index in [0.29, 0.717) is 0 Å². The predicted molar refractivity (Wildman–Crippen MR) is 76.6 cm³/mol. The summed E-state index contributed by atoms with van der Waals surface area (Å²) >= 11 is 0. The zero-order chi connectivity index (χ0) is 13.2. The Morgan fingerprint density at radius 2 is 1.94 bits per heavy atom. The van der Waals surface area contributed by atoms with Crippen molar-refractivity contribution in [1.29, 1.82) is 0 Å². The quantitative estimate of drug-likeness (QED) is 0.680. The lowest BCUT2D eigenvalue weighted by Gasteiger charge is -2.18. The summed E-state index contributed by atoms with van der Waals surface area (Å²) < 4.78 is 5.11. The molecule has 0 atom stereocenters. The number of nitrogens with zero attached hydrogens (tertiary/aromatic N) is 1. The first-order chi connectivity index (χ1) is 8.77. The number of benzene rings is 1. The Bertz CT molecular complexity index is 328. The minimum Gasteiger partial charge on any atom is -0.383 e. The van der Waals surface area contributed by atoms with E-state index in [4.69, 9.17) is 4.74 Å². The molecule has 0 spiro atoms. The molecule has 0 saturated heterocycles. The molecule has 1 aromatic rings. The zero-order valence-corrected chi connectivity index (χ0v) is 11.9. The maximum atomic E-state index is 5.11. The van der Waals surface area contributed by atoms with Crippen LogP contribution in [-0.4, -0.2) is 38.8 Å². The summed E-state index contributed by atoms with van der Waals surface area (Å²) in [6, 6.07) is 8.65. The molecular weight excluding hydrogens is 224 g/mol. The summed E-state index contributed by atoms with van der Waals surface area (Å²) in [5.41, 5.74) is 2.80. The Morgan fingerprint density at radius 3 is 2.61 bits per heavy atom. The SMILES string of the molecule is CCCNCc1ccccc1CN(C)CCOC. The first-order valence-corrected chi connectivity index (χ1v) is 6.73. The average molecular weight is 250 g/mol. The van der Waals surface area contributed by atoms with E-state index in [1.807, 2.05) is 0 Å². The van der Waals surface area contributed by atoms with Crippen LogP contribution in [-0.2, 0) is 17.8 Å². The van der Waals surface area contributed by atoms with Gasteiger partial charge in [-0.2, -0.15) is 0 Å². The van der Waals surface area contributed by atoms with Crippen LogP contribution in [0.4, 0.5) is 0 Å². The third kappa shape index (κ3) is 5.63. The molecule has 0 fully saturated rings. The first-order valence-electron chi connectivity index (χ1n) is 6.73. The van der Waals surface area contributed by atoms with Crippen LogP contribution in [0.3, 0.4) is 0 Å². The molecule has 1 N–H and O–H groups in total. The molecule has 102 valence electrons. The second kappa shape index (κ2) is 9.09. The monoisotopic (exact) mass is 250 g/mol. The maximum absolute atomic E-state index is 5.11. The Hall–Kier alpha value is -0.900. The molecule has 0 aliphatic heterocycles. The highest BCUT2D eigenvalue weighted by molar-refractivity contribution is 5.26. The van der Waals surface area contributed by atoms with Crippen LogP contribution in [0, 0.1) is 0 Å². The second-order valence-corrected chi connectivity index (χ2v) is 4.68. The van der Waals surface area contributed by atoms with Gasteiger partial charge in [0, 0.05) is 26.7 Å². The van der Waals surface area contributed by atoms with Crippen LogP contribution in [0.2, 0.25) is 0 Å². The van der Waals surface area contributed by atoms with E-state index in [1.54, 1.807) is 7.11 Å². The number of likely N-dealkylation sites (N-methyl/N-ethyl adjacent to an activating group) is 1. The minimum absolute atomic E-state index is 0.784. The van der Waals surface area contributed by atoms with Crippen molar-refractivity contribution < 1.29 is 4.74 Å². The first kappa shape index (κ1) is 15.2. The minimum atomic E-state index is 0.784. The number of hydrogen-bond acceptors (Lipinski definition) is 3. The number of ether oxygens (including phenoxy) is 1. The van der Waals surface area contributed by atoms with Gasteiger partial charge in [-0.05, 0) is 31.1 Å². The predicted octanol–water partition coefficient (Wildman–Crippen LogP) is 2.26. The molecule has 0 aliphatic carbocycles. The zero-order valence-electron chi connectivity index (χ0n) is 11.9. The van der Waals surface area contributed by atoms with Crippen LogP contribution in [0.5, 0.6) is 0 Å². The normalized spacial score (nSPS) is 11.1. The Kier molecular flexibility index (Phi) is 7.65. The third-order valence-electron chi connectivity index (χ3n) is 2.98. The van der Waals surface area contributed by atoms with Crippen LogP contribution >= 0.6 is 0 Å². The topological polar surface area (TPSA) is 24.5 Å². The Labute approximate surface area is 111 Å². The smallest absolute Gasteiger partial charge is 0.0589 e. The van der Waals surface area contributed by atoms with Gasteiger partial charge >= 0.3 is 0 Å². The summed E-state index contributed by atoms with van der Waals surface area (Å²) in [6.07, 6.45) is 1.18. The summed E-state index contributed by atoms with van der Waals surface area (Å²) in [5, 5.41) is 3.46. The molecule has 3 nitrogen and oxygen atoms in total. The Balaban J connectivity index is 2.52. The largest absolute Gasteiger partial charge is 0.383 e. The number of rotatable bonds is 9. The molecule has 0 saturated carbocycles. The van der Waals surface area contributed by atoms with Crippen molar-refractivity contribution >= 4 is 0 Å². The van der Waals surface area contributed by atoms with Crippen molar-refractivity contribution in [2.45, 2.75) is 26.4 Å². The molecule has 0 bridgehead atoms. The molecule has 1 rings (SSSR count). The van der Waals surface area contributed by atoms with Crippen molar-refractivity contribution in [1.82, 2.24) is 10.2 Å². The summed E-state index contributed by atoms with van der Waals surface area (Å²) in [6.45, 7) is 6.96. The van der Waals surface area contributed by atoms with Gasteiger partial charge in [-0.25, -0.2) is 0 Å². The van der Waals surface area contributed by atoms with Crippen molar-refractivity contribution in [3.05, 3.63) is 35.4 Å². The molecule has 0 radical (unpaired) electrons. The lowest BCUT2D eigenvalue weighted by atomic mass is 10.1. The van der Waals surface area contributed by atoms with E-state index in [-0.39, 0.29) is 0 Å². The lowest BCUT2D eigenvalue weighted by molar-refractivity contribution is 0.158. The van der Waals surface area contributed by atoms with Gasteiger partial charge in [0.15, 0.2) is 0 Å². The maximum Gasteiger partial charge on any atom is 0.0589 e. The second-order valence-electron chi connectivity index (χ2n) is 4.68. The fourth-order valence-electron chi connectivity index (χ4n) is 1.90. The fraction of sp³-hybridized carbons (Fsp3) is 0.600. The van der Waals surface area contributed by atoms with Gasteiger partial charge in [0.2, 0.25) is 0 Å². The van der Waals surface area contributed by atoms with Crippen molar-refractivity contribution in [2.24, 2.45) is 0 Å². The van der Waals surface area contributed by atoms with E-state index >= 15 is 0 Å². The van der Waals surface area contributed by atoms with Gasteiger partial charge in [-0.15, -0.1) is 0 Å². The van der Waals surface area contributed by atoms with Gasteiger partial charge in [-0.1, -0.05) is 31.2 Å². The molecule has 0 aliphatic rings. The van der Waals surface area contributed by atoms with Gasteiger partial charge in [-0.3, -0.25) is 4.90 Å². The molecule has 0 heterocycles. The highest BCUT2D eigenvalue weighted by Gasteiger charge is 2.04. The molecule has 0 amide bonds. The standard InChI is InChI=1S/C15H26N2O/c1-4-9-16-12-14-7-5-6-8-15(14)13-17(2)10-11-18-3/h5-8,16H,4,9-13H2,1-3H3. The molecule has 18 heavy (non-hydrogen) atoms.